The number of nitrogens with two attached hydrogens (primary N) is 1. The molecule has 15 heavy (non-hydrogen) atoms. The molecule has 1 rings (SSSR count). The van der Waals surface area contributed by atoms with Crippen LogP contribution in [0.2, 0.25) is 0 Å². The largest absolute Gasteiger partial charge is 0.464 e. The number of nitrogen functional groups attached to an aromatic ring is 1. The average Bonchev–Trinajstić information content (AvgIpc) is 2.59. The molecule has 0 radical (unpaired) electrons. The van der Waals surface area contributed by atoms with Crippen LogP contribution in [-0.4, -0.2) is 34.1 Å². The van der Waals surface area contributed by atoms with E-state index in [0.29, 0.717) is 25.1 Å². The van der Waals surface area contributed by atoms with Gasteiger partial charge in [-0.1, -0.05) is 0 Å². The predicted molar refractivity (Wildman–Crippen MR) is 53.9 cm³/mol. The molecule has 6 heteroatoms. The van der Waals surface area contributed by atoms with Crippen LogP contribution >= 0.6 is 0 Å². The summed E-state index contributed by atoms with van der Waals surface area (Å²) < 4.78 is 6.33. The number of nitrogens with zero attached hydrogens (tertiary/aromatic N) is 2. The smallest absolute Gasteiger partial charge is 0.327 e. The third-order valence-electron chi connectivity index (χ3n) is 1.76. The zero-order valence-electron chi connectivity index (χ0n) is 8.43. The minimum atomic E-state index is -0.351. The summed E-state index contributed by atoms with van der Waals surface area (Å²) in [4.78, 5) is 11.2. The molecule has 0 unspecified atom stereocenters. The minimum absolute atomic E-state index is 0.0658. The summed E-state index contributed by atoms with van der Waals surface area (Å²) >= 11 is 0. The van der Waals surface area contributed by atoms with Crippen molar-refractivity contribution >= 4 is 11.7 Å². The van der Waals surface area contributed by atoms with Gasteiger partial charge in [-0.05, 0) is 12.8 Å². The first-order valence-electron chi connectivity index (χ1n) is 4.77. The lowest BCUT2D eigenvalue weighted by Gasteiger charge is -2.03. The zero-order chi connectivity index (χ0) is 11.1. The van der Waals surface area contributed by atoms with Gasteiger partial charge in [0.2, 0.25) is 0 Å². The van der Waals surface area contributed by atoms with Crippen LogP contribution in [0.4, 0.5) is 5.69 Å². The van der Waals surface area contributed by atoms with Crippen LogP contribution < -0.4 is 5.73 Å². The van der Waals surface area contributed by atoms with Crippen LogP contribution in [0.3, 0.4) is 0 Å². The maximum atomic E-state index is 11.2. The van der Waals surface area contributed by atoms with E-state index >= 15 is 0 Å². The highest BCUT2D eigenvalue weighted by Crippen LogP contribution is 1.98. The molecule has 1 heterocycles. The van der Waals surface area contributed by atoms with E-state index in [9.17, 15) is 4.79 Å². The predicted octanol–water partition coefficient (Wildman–Crippen LogP) is -0.219. The van der Waals surface area contributed by atoms with Crippen molar-refractivity contribution in [3.8, 4) is 0 Å². The van der Waals surface area contributed by atoms with Crippen LogP contribution in [0.15, 0.2) is 12.4 Å². The number of ether oxygens (including phenoxy) is 1. The Morgan fingerprint density at radius 2 is 2.40 bits per heavy atom. The van der Waals surface area contributed by atoms with Gasteiger partial charge in [-0.15, -0.1) is 0 Å². The van der Waals surface area contributed by atoms with Crippen molar-refractivity contribution in [2.24, 2.45) is 0 Å². The molecule has 1 aromatic rings. The Hall–Kier alpha value is -1.56. The number of carbonyl (C=O) groups is 1. The van der Waals surface area contributed by atoms with Gasteiger partial charge in [-0.3, -0.25) is 9.48 Å². The summed E-state index contributed by atoms with van der Waals surface area (Å²) in [6.45, 7) is 0.514. The highest BCUT2D eigenvalue weighted by Gasteiger charge is 2.04. The monoisotopic (exact) mass is 213 g/mol. The van der Waals surface area contributed by atoms with E-state index in [1.54, 1.807) is 6.20 Å². The SMILES string of the molecule is Nc1cnn(CC(=O)OCCCCO)c1. The Bertz CT molecular complexity index is 311. The maximum Gasteiger partial charge on any atom is 0.327 e. The van der Waals surface area contributed by atoms with Gasteiger partial charge in [0.25, 0.3) is 0 Å². The fourth-order valence-corrected chi connectivity index (χ4v) is 1.04. The van der Waals surface area contributed by atoms with Gasteiger partial charge in [0.1, 0.15) is 6.54 Å². The lowest BCUT2D eigenvalue weighted by Crippen LogP contribution is -2.14. The molecule has 0 atom stereocenters. The van der Waals surface area contributed by atoms with Crippen molar-refractivity contribution in [3.05, 3.63) is 12.4 Å². The summed E-state index contributed by atoms with van der Waals surface area (Å²) in [5.74, 6) is -0.351. The van der Waals surface area contributed by atoms with Crippen LogP contribution in [0.5, 0.6) is 0 Å². The fourth-order valence-electron chi connectivity index (χ4n) is 1.04. The molecular weight excluding hydrogens is 198 g/mol. The van der Waals surface area contributed by atoms with E-state index in [4.69, 9.17) is 15.6 Å². The van der Waals surface area contributed by atoms with Gasteiger partial charge in [-0.2, -0.15) is 5.10 Å². The lowest BCUT2D eigenvalue weighted by atomic mass is 10.3. The fraction of sp³-hybridized carbons (Fsp3) is 0.556. The summed E-state index contributed by atoms with van der Waals surface area (Å²) in [6, 6.07) is 0. The Morgan fingerprint density at radius 3 is 3.00 bits per heavy atom. The number of rotatable bonds is 6. The molecule has 0 aliphatic heterocycles. The standard InChI is InChI=1S/C9H15N3O3/c10-8-5-11-12(6-8)7-9(14)15-4-2-1-3-13/h5-6,13H,1-4,7,10H2. The van der Waals surface area contributed by atoms with Gasteiger partial charge in [0.15, 0.2) is 0 Å². The van der Waals surface area contributed by atoms with Gasteiger partial charge < -0.3 is 15.6 Å². The molecule has 0 saturated heterocycles. The van der Waals surface area contributed by atoms with Crippen LogP contribution in [0, 0.1) is 0 Å². The van der Waals surface area contributed by atoms with Crippen LogP contribution in [0.1, 0.15) is 12.8 Å². The minimum Gasteiger partial charge on any atom is -0.464 e. The van der Waals surface area contributed by atoms with Crippen LogP contribution in [0.25, 0.3) is 0 Å². The zero-order valence-corrected chi connectivity index (χ0v) is 8.43. The number of hydrogen-bond donors (Lipinski definition) is 2. The van der Waals surface area contributed by atoms with E-state index in [0.717, 1.165) is 0 Å². The average molecular weight is 213 g/mol. The van der Waals surface area contributed by atoms with Crippen molar-refractivity contribution < 1.29 is 14.6 Å². The summed E-state index contributed by atoms with van der Waals surface area (Å²) in [7, 11) is 0. The van der Waals surface area contributed by atoms with Crippen molar-refractivity contribution in [2.75, 3.05) is 18.9 Å². The molecule has 3 N–H and O–H groups in total. The van der Waals surface area contributed by atoms with E-state index in [2.05, 4.69) is 5.10 Å². The highest BCUT2D eigenvalue weighted by molar-refractivity contribution is 5.69. The van der Waals surface area contributed by atoms with Gasteiger partial charge in [0.05, 0.1) is 18.5 Å². The molecule has 0 bridgehead atoms. The van der Waals surface area contributed by atoms with Crippen molar-refractivity contribution in [2.45, 2.75) is 19.4 Å². The number of anilines is 1. The third-order valence-corrected chi connectivity index (χ3v) is 1.76. The van der Waals surface area contributed by atoms with Crippen LogP contribution in [-0.2, 0) is 16.1 Å². The van der Waals surface area contributed by atoms with Gasteiger partial charge >= 0.3 is 5.97 Å². The molecular formula is C9H15N3O3. The molecule has 0 amide bonds. The first kappa shape index (κ1) is 11.5. The Balaban J connectivity index is 2.18. The second-order valence-electron chi connectivity index (χ2n) is 3.12. The molecule has 0 fully saturated rings. The normalized spacial score (nSPS) is 10.2. The summed E-state index contributed by atoms with van der Waals surface area (Å²) in [6.07, 6.45) is 4.35. The molecule has 84 valence electrons. The molecule has 0 saturated carbocycles. The second kappa shape index (κ2) is 6.02. The van der Waals surface area contributed by atoms with Crippen molar-refractivity contribution in [3.63, 3.8) is 0 Å². The molecule has 0 aliphatic rings. The number of hydrogen-bond acceptors (Lipinski definition) is 5. The van der Waals surface area contributed by atoms with Gasteiger partial charge in [-0.25, -0.2) is 0 Å². The summed E-state index contributed by atoms with van der Waals surface area (Å²) in [5, 5.41) is 12.4. The second-order valence-corrected chi connectivity index (χ2v) is 3.12. The molecule has 6 nitrogen and oxygen atoms in total. The van der Waals surface area contributed by atoms with E-state index in [1.807, 2.05) is 0 Å². The number of aromatic nitrogens is 2. The molecule has 1 aromatic heterocycles. The van der Waals surface area contributed by atoms with Crippen molar-refractivity contribution in [1.29, 1.82) is 0 Å². The molecule has 0 aliphatic carbocycles. The number of esters is 1. The van der Waals surface area contributed by atoms with Gasteiger partial charge in [0, 0.05) is 12.8 Å². The number of aliphatic hydroxyl groups is 1. The number of carbonyl (C=O) groups excluding carboxylic acids is 1. The molecule has 0 aromatic carbocycles. The summed E-state index contributed by atoms with van der Waals surface area (Å²) in [5.41, 5.74) is 5.95. The van der Waals surface area contributed by atoms with E-state index in [-0.39, 0.29) is 19.1 Å². The van der Waals surface area contributed by atoms with E-state index in [1.165, 1.54) is 10.9 Å². The first-order valence-corrected chi connectivity index (χ1v) is 4.77. The lowest BCUT2D eigenvalue weighted by molar-refractivity contribution is -0.144. The quantitative estimate of drug-likeness (QED) is 0.503. The number of unbranched alkanes of at least 4 members (excludes halogenated alkanes) is 1. The Morgan fingerprint density at radius 1 is 1.60 bits per heavy atom. The Labute approximate surface area is 87.6 Å². The topological polar surface area (TPSA) is 90.4 Å². The van der Waals surface area contributed by atoms with Crippen molar-refractivity contribution in [1.82, 2.24) is 9.78 Å². The Kier molecular flexibility index (Phi) is 4.62. The maximum absolute atomic E-state index is 11.2. The number of aliphatic hydroxyl groups excluding tert-OH is 1. The highest BCUT2D eigenvalue weighted by atomic mass is 16.5. The third kappa shape index (κ3) is 4.46. The van der Waals surface area contributed by atoms with E-state index < -0.39 is 0 Å². The molecule has 0 spiro atoms. The first-order chi connectivity index (χ1) is 7.22.